The highest BCUT2D eigenvalue weighted by molar-refractivity contribution is 5.44. The lowest BCUT2D eigenvalue weighted by Gasteiger charge is -2.25. The molecular weight excluding hydrogens is 250 g/mol. The molecule has 0 spiro atoms. The van der Waals surface area contributed by atoms with Crippen LogP contribution in [0, 0.1) is 0 Å². The summed E-state index contributed by atoms with van der Waals surface area (Å²) >= 11 is 0. The Morgan fingerprint density at radius 2 is 1.80 bits per heavy atom. The average Bonchev–Trinajstić information content (AvgIpc) is 2.48. The molecule has 4 heteroatoms. The predicted octanol–water partition coefficient (Wildman–Crippen LogP) is 2.69. The van der Waals surface area contributed by atoms with Crippen LogP contribution in [-0.2, 0) is 0 Å². The molecule has 114 valence electrons. The fourth-order valence-electron chi connectivity index (χ4n) is 2.33. The van der Waals surface area contributed by atoms with Gasteiger partial charge in [0.1, 0.15) is 0 Å². The number of hydrogen-bond donors (Lipinski definition) is 1. The third kappa shape index (κ3) is 5.10. The van der Waals surface area contributed by atoms with Crippen LogP contribution in [0.5, 0.6) is 0 Å². The van der Waals surface area contributed by atoms with Crippen molar-refractivity contribution in [3.05, 3.63) is 24.0 Å². The van der Waals surface area contributed by atoms with Gasteiger partial charge in [-0.2, -0.15) is 0 Å². The highest BCUT2D eigenvalue weighted by Gasteiger charge is 2.07. The molecule has 0 saturated heterocycles. The molecule has 1 aromatic heterocycles. The average molecular weight is 279 g/mol. The molecule has 0 fully saturated rings. The van der Waals surface area contributed by atoms with Crippen LogP contribution in [0.4, 0.5) is 5.69 Å². The van der Waals surface area contributed by atoms with Crippen molar-refractivity contribution in [2.75, 3.05) is 37.6 Å². The van der Waals surface area contributed by atoms with Gasteiger partial charge >= 0.3 is 0 Å². The molecule has 0 aliphatic heterocycles. The van der Waals surface area contributed by atoms with Gasteiger partial charge in [-0.3, -0.25) is 4.98 Å². The summed E-state index contributed by atoms with van der Waals surface area (Å²) in [6.07, 6.45) is 2.53. The van der Waals surface area contributed by atoms with Crippen LogP contribution in [-0.4, -0.2) is 47.7 Å². The first kappa shape index (κ1) is 16.9. The number of aromatic nitrogens is 1. The second-order valence-electron chi connectivity index (χ2n) is 5.08. The van der Waals surface area contributed by atoms with Crippen LogP contribution in [0.25, 0.3) is 0 Å². The van der Waals surface area contributed by atoms with Gasteiger partial charge in [-0.05, 0) is 52.0 Å². The maximum absolute atomic E-state index is 9.49. The van der Waals surface area contributed by atoms with Crippen LogP contribution < -0.4 is 4.90 Å². The topological polar surface area (TPSA) is 39.6 Å². The summed E-state index contributed by atoms with van der Waals surface area (Å²) in [6, 6.07) is 3.96. The van der Waals surface area contributed by atoms with Crippen LogP contribution in [0.1, 0.15) is 45.9 Å². The molecule has 0 amide bonds. The van der Waals surface area contributed by atoms with Crippen LogP contribution in [0.15, 0.2) is 18.3 Å². The molecular formula is C16H29N3O. The van der Waals surface area contributed by atoms with Crippen molar-refractivity contribution in [1.82, 2.24) is 9.88 Å². The van der Waals surface area contributed by atoms with E-state index in [4.69, 9.17) is 0 Å². The van der Waals surface area contributed by atoms with E-state index in [0.29, 0.717) is 0 Å². The first-order chi connectivity index (χ1) is 9.62. The molecule has 1 rings (SSSR count). The van der Waals surface area contributed by atoms with Crippen molar-refractivity contribution >= 4 is 5.69 Å². The normalized spacial score (nSPS) is 12.7. The smallest absolute Gasteiger partial charge is 0.0931 e. The number of anilines is 1. The van der Waals surface area contributed by atoms with Gasteiger partial charge in [0.05, 0.1) is 23.7 Å². The Morgan fingerprint density at radius 3 is 2.25 bits per heavy atom. The zero-order valence-corrected chi connectivity index (χ0v) is 13.3. The first-order valence-electron chi connectivity index (χ1n) is 7.73. The molecule has 0 aliphatic carbocycles. The van der Waals surface area contributed by atoms with Gasteiger partial charge in [0.2, 0.25) is 0 Å². The lowest BCUT2D eigenvalue weighted by atomic mass is 10.2. The summed E-state index contributed by atoms with van der Waals surface area (Å²) in [5.74, 6) is 0. The maximum atomic E-state index is 9.49. The van der Waals surface area contributed by atoms with Gasteiger partial charge in [0.15, 0.2) is 0 Å². The van der Waals surface area contributed by atoms with E-state index in [-0.39, 0.29) is 0 Å². The summed E-state index contributed by atoms with van der Waals surface area (Å²) in [4.78, 5) is 9.10. The second-order valence-corrected chi connectivity index (χ2v) is 5.08. The Kier molecular flexibility index (Phi) is 7.55. The highest BCUT2D eigenvalue weighted by atomic mass is 16.3. The van der Waals surface area contributed by atoms with E-state index >= 15 is 0 Å². The van der Waals surface area contributed by atoms with Crippen molar-refractivity contribution < 1.29 is 5.11 Å². The fourth-order valence-corrected chi connectivity index (χ4v) is 2.33. The zero-order valence-electron chi connectivity index (χ0n) is 13.3. The quantitative estimate of drug-likeness (QED) is 0.754. The van der Waals surface area contributed by atoms with E-state index in [1.165, 1.54) is 0 Å². The lowest BCUT2D eigenvalue weighted by molar-refractivity contribution is 0.194. The summed E-state index contributed by atoms with van der Waals surface area (Å²) in [5.41, 5.74) is 1.87. The molecule has 0 aliphatic rings. The second kappa shape index (κ2) is 8.93. The Hall–Kier alpha value is -1.13. The number of hydrogen-bond acceptors (Lipinski definition) is 4. The van der Waals surface area contributed by atoms with Gasteiger partial charge in [-0.25, -0.2) is 0 Å². The molecule has 0 bridgehead atoms. The Bertz CT molecular complexity index is 360. The van der Waals surface area contributed by atoms with Gasteiger partial charge in [0, 0.05) is 13.1 Å². The monoisotopic (exact) mass is 279 g/mol. The lowest BCUT2D eigenvalue weighted by Crippen LogP contribution is -2.30. The Labute approximate surface area is 123 Å². The molecule has 1 aromatic rings. The van der Waals surface area contributed by atoms with E-state index in [9.17, 15) is 5.11 Å². The van der Waals surface area contributed by atoms with Crippen molar-refractivity contribution in [1.29, 1.82) is 0 Å². The van der Waals surface area contributed by atoms with Crippen molar-refractivity contribution in [2.45, 2.75) is 40.2 Å². The van der Waals surface area contributed by atoms with Crippen LogP contribution >= 0.6 is 0 Å². The van der Waals surface area contributed by atoms with Crippen molar-refractivity contribution in [2.24, 2.45) is 0 Å². The SMILES string of the molecule is CCN(CC)CCCN(CC)c1ccc(C(C)O)nc1. The zero-order chi connectivity index (χ0) is 15.0. The van der Waals surface area contributed by atoms with E-state index in [0.717, 1.165) is 50.5 Å². The van der Waals surface area contributed by atoms with E-state index < -0.39 is 6.10 Å². The van der Waals surface area contributed by atoms with Crippen molar-refractivity contribution in [3.8, 4) is 0 Å². The minimum atomic E-state index is -0.498. The largest absolute Gasteiger partial charge is 0.387 e. The Morgan fingerprint density at radius 1 is 1.10 bits per heavy atom. The fraction of sp³-hybridized carbons (Fsp3) is 0.688. The Balaban J connectivity index is 2.53. The van der Waals surface area contributed by atoms with Gasteiger partial charge in [-0.15, -0.1) is 0 Å². The number of pyridine rings is 1. The van der Waals surface area contributed by atoms with Gasteiger partial charge < -0.3 is 14.9 Å². The molecule has 0 saturated carbocycles. The minimum absolute atomic E-state index is 0.498. The first-order valence-corrected chi connectivity index (χ1v) is 7.73. The molecule has 1 heterocycles. The summed E-state index contributed by atoms with van der Waals surface area (Å²) < 4.78 is 0. The third-order valence-electron chi connectivity index (χ3n) is 3.74. The molecule has 0 radical (unpaired) electrons. The van der Waals surface area contributed by atoms with Crippen molar-refractivity contribution in [3.63, 3.8) is 0 Å². The molecule has 1 unspecified atom stereocenters. The summed E-state index contributed by atoms with van der Waals surface area (Å²) in [7, 11) is 0. The number of nitrogens with zero attached hydrogens (tertiary/aromatic N) is 3. The van der Waals surface area contributed by atoms with E-state index in [1.807, 2.05) is 12.3 Å². The number of aliphatic hydroxyl groups is 1. The van der Waals surface area contributed by atoms with E-state index in [1.54, 1.807) is 6.92 Å². The maximum Gasteiger partial charge on any atom is 0.0931 e. The van der Waals surface area contributed by atoms with E-state index in [2.05, 4.69) is 41.6 Å². The molecule has 0 aromatic carbocycles. The summed E-state index contributed by atoms with van der Waals surface area (Å²) in [6.45, 7) is 13.7. The number of rotatable bonds is 9. The molecule has 20 heavy (non-hydrogen) atoms. The minimum Gasteiger partial charge on any atom is -0.387 e. The van der Waals surface area contributed by atoms with Crippen LogP contribution in [0.2, 0.25) is 0 Å². The molecule has 4 nitrogen and oxygen atoms in total. The summed E-state index contributed by atoms with van der Waals surface area (Å²) in [5, 5.41) is 9.49. The highest BCUT2D eigenvalue weighted by Crippen LogP contribution is 2.16. The molecule has 1 atom stereocenters. The molecule has 1 N–H and O–H groups in total. The number of aliphatic hydroxyl groups excluding tert-OH is 1. The predicted molar refractivity (Wildman–Crippen MR) is 85.2 cm³/mol. The van der Waals surface area contributed by atoms with Gasteiger partial charge in [-0.1, -0.05) is 13.8 Å². The van der Waals surface area contributed by atoms with Gasteiger partial charge in [0.25, 0.3) is 0 Å². The standard InChI is InChI=1S/C16H29N3O/c1-5-18(6-2)11-8-12-19(7-3)15-9-10-16(14(4)20)17-13-15/h9-10,13-14,20H,5-8,11-12H2,1-4H3. The third-order valence-corrected chi connectivity index (χ3v) is 3.74. The van der Waals surface area contributed by atoms with Crippen LogP contribution in [0.3, 0.4) is 0 Å².